The molecule has 0 aliphatic rings. The number of benzene rings is 1. The van der Waals surface area contributed by atoms with Crippen LogP contribution in [0.15, 0.2) is 51.7 Å². The van der Waals surface area contributed by atoms with E-state index >= 15 is 0 Å². The van der Waals surface area contributed by atoms with E-state index in [0.717, 1.165) is 14.6 Å². The second kappa shape index (κ2) is 3.68. The van der Waals surface area contributed by atoms with Gasteiger partial charge in [-0.25, -0.2) is 0 Å². The first kappa shape index (κ1) is 9.03. The molecule has 0 fully saturated rings. The molecule has 0 amide bonds. The molecule has 0 aliphatic carbocycles. The molecule has 13 heavy (non-hydrogen) atoms. The van der Waals surface area contributed by atoms with E-state index < -0.39 is 0 Å². The van der Waals surface area contributed by atoms with Gasteiger partial charge in [0.1, 0.15) is 0 Å². The maximum Gasteiger partial charge on any atom is 0.0461 e. The van der Waals surface area contributed by atoms with Crippen LogP contribution in [-0.4, -0.2) is 4.57 Å². The Morgan fingerprint density at radius 3 is 2.23 bits per heavy atom. The highest BCUT2D eigenvalue weighted by atomic mass is 79.9. The van der Waals surface area contributed by atoms with E-state index in [1.807, 2.05) is 30.6 Å². The van der Waals surface area contributed by atoms with Gasteiger partial charge in [0.2, 0.25) is 0 Å². The molecule has 2 aromatic rings. The van der Waals surface area contributed by atoms with E-state index in [1.165, 1.54) is 0 Å². The second-order valence-electron chi connectivity index (χ2n) is 2.69. The van der Waals surface area contributed by atoms with Gasteiger partial charge in [-0.05, 0) is 62.2 Å². The number of nitrogens with zero attached hydrogens (tertiary/aromatic N) is 1. The molecule has 0 saturated heterocycles. The number of hydrogen-bond acceptors (Lipinski definition) is 0. The Labute approximate surface area is 93.6 Å². The Morgan fingerprint density at radius 2 is 1.62 bits per heavy atom. The van der Waals surface area contributed by atoms with Crippen molar-refractivity contribution < 1.29 is 0 Å². The monoisotopic (exact) mass is 299 g/mol. The van der Waals surface area contributed by atoms with E-state index in [2.05, 4.69) is 48.6 Å². The fraction of sp³-hybridized carbons (Fsp3) is 0. The van der Waals surface area contributed by atoms with Gasteiger partial charge in [-0.2, -0.15) is 0 Å². The molecule has 0 saturated carbocycles. The first-order chi connectivity index (χ1) is 6.27. The molecule has 0 atom stereocenters. The van der Waals surface area contributed by atoms with Crippen LogP contribution in [0.5, 0.6) is 0 Å². The fourth-order valence-corrected chi connectivity index (χ4v) is 1.77. The van der Waals surface area contributed by atoms with Crippen LogP contribution in [0.4, 0.5) is 0 Å². The second-order valence-corrected chi connectivity index (χ2v) is 4.40. The zero-order valence-electron chi connectivity index (χ0n) is 6.74. The van der Waals surface area contributed by atoms with Gasteiger partial charge in [-0.1, -0.05) is 0 Å². The number of aromatic nitrogens is 1. The highest BCUT2D eigenvalue weighted by Crippen LogP contribution is 2.25. The summed E-state index contributed by atoms with van der Waals surface area (Å²) in [5.41, 5.74) is 1.15. The van der Waals surface area contributed by atoms with Crippen molar-refractivity contribution in [2.75, 3.05) is 0 Å². The summed E-state index contributed by atoms with van der Waals surface area (Å²) in [5, 5.41) is 0. The first-order valence-corrected chi connectivity index (χ1v) is 5.44. The summed E-state index contributed by atoms with van der Waals surface area (Å²) >= 11 is 6.91. The van der Waals surface area contributed by atoms with Crippen molar-refractivity contribution in [1.29, 1.82) is 0 Å². The van der Waals surface area contributed by atoms with Crippen LogP contribution in [0.3, 0.4) is 0 Å². The van der Waals surface area contributed by atoms with Crippen LogP contribution in [0.25, 0.3) is 5.69 Å². The molecule has 0 N–H and O–H groups in total. The molecular weight excluding hydrogens is 294 g/mol. The largest absolute Gasteiger partial charge is 0.324 e. The minimum Gasteiger partial charge on any atom is -0.324 e. The summed E-state index contributed by atoms with van der Waals surface area (Å²) in [5.74, 6) is 0. The Kier molecular flexibility index (Phi) is 2.56. The average Bonchev–Trinajstić information content (AvgIpc) is 2.62. The molecule has 1 heterocycles. The third-order valence-corrected chi connectivity index (χ3v) is 3.69. The molecule has 0 bridgehead atoms. The lowest BCUT2D eigenvalue weighted by Crippen LogP contribution is -1.88. The summed E-state index contributed by atoms with van der Waals surface area (Å²) in [7, 11) is 0. The topological polar surface area (TPSA) is 4.93 Å². The van der Waals surface area contributed by atoms with Gasteiger partial charge in [0, 0.05) is 27.0 Å². The maximum absolute atomic E-state index is 3.47. The van der Waals surface area contributed by atoms with Crippen molar-refractivity contribution in [1.82, 2.24) is 4.57 Å². The molecule has 2 rings (SSSR count). The van der Waals surface area contributed by atoms with E-state index in [4.69, 9.17) is 0 Å². The molecule has 0 spiro atoms. The van der Waals surface area contributed by atoms with Gasteiger partial charge in [-0.3, -0.25) is 0 Å². The molecule has 1 aromatic carbocycles. The van der Waals surface area contributed by atoms with Crippen LogP contribution in [-0.2, 0) is 0 Å². The summed E-state index contributed by atoms with van der Waals surface area (Å²) in [6.07, 6.45) is 4.05. The lowest BCUT2D eigenvalue weighted by Gasteiger charge is -2.03. The fourth-order valence-electron chi connectivity index (χ4n) is 1.15. The van der Waals surface area contributed by atoms with Gasteiger partial charge < -0.3 is 4.57 Å². The summed E-state index contributed by atoms with van der Waals surface area (Å²) < 4.78 is 4.21. The molecule has 0 aliphatic heterocycles. The SMILES string of the molecule is Brc1ccc(-n2cccc2)cc1Br. The Hall–Kier alpha value is -0.540. The quantitative estimate of drug-likeness (QED) is 0.750. The molecular formula is C10H7Br2N. The van der Waals surface area contributed by atoms with Crippen molar-refractivity contribution in [2.24, 2.45) is 0 Å². The van der Waals surface area contributed by atoms with Crippen LogP contribution in [0.2, 0.25) is 0 Å². The summed E-state index contributed by atoms with van der Waals surface area (Å²) in [6.45, 7) is 0. The van der Waals surface area contributed by atoms with Gasteiger partial charge >= 0.3 is 0 Å². The molecule has 1 aromatic heterocycles. The van der Waals surface area contributed by atoms with Crippen LogP contribution in [0.1, 0.15) is 0 Å². The average molecular weight is 301 g/mol. The number of halogens is 2. The van der Waals surface area contributed by atoms with Crippen molar-refractivity contribution in [3.63, 3.8) is 0 Å². The van der Waals surface area contributed by atoms with Crippen molar-refractivity contribution in [3.05, 3.63) is 51.7 Å². The highest BCUT2D eigenvalue weighted by Gasteiger charge is 1.98. The zero-order chi connectivity index (χ0) is 9.26. The Bertz CT molecular complexity index is 407. The predicted molar refractivity (Wildman–Crippen MR) is 61.2 cm³/mol. The minimum atomic E-state index is 1.07. The molecule has 66 valence electrons. The van der Waals surface area contributed by atoms with Crippen LogP contribution >= 0.6 is 31.9 Å². The maximum atomic E-state index is 3.47. The molecule has 1 nitrogen and oxygen atoms in total. The summed E-state index contributed by atoms with van der Waals surface area (Å²) in [6, 6.07) is 10.2. The van der Waals surface area contributed by atoms with Crippen molar-refractivity contribution >= 4 is 31.9 Å². The van der Waals surface area contributed by atoms with E-state index in [9.17, 15) is 0 Å². The Morgan fingerprint density at radius 1 is 0.923 bits per heavy atom. The molecule has 0 radical (unpaired) electrons. The van der Waals surface area contributed by atoms with E-state index in [1.54, 1.807) is 0 Å². The highest BCUT2D eigenvalue weighted by molar-refractivity contribution is 9.13. The summed E-state index contributed by atoms with van der Waals surface area (Å²) in [4.78, 5) is 0. The minimum absolute atomic E-state index is 1.07. The lowest BCUT2D eigenvalue weighted by molar-refractivity contribution is 1.08. The third kappa shape index (κ3) is 1.86. The van der Waals surface area contributed by atoms with Gasteiger partial charge in [0.25, 0.3) is 0 Å². The van der Waals surface area contributed by atoms with Gasteiger partial charge in [-0.15, -0.1) is 0 Å². The lowest BCUT2D eigenvalue weighted by atomic mass is 10.3. The van der Waals surface area contributed by atoms with Gasteiger partial charge in [0.05, 0.1) is 0 Å². The molecule has 0 unspecified atom stereocenters. The van der Waals surface area contributed by atoms with E-state index in [-0.39, 0.29) is 0 Å². The number of hydrogen-bond donors (Lipinski definition) is 0. The Balaban J connectivity index is 2.49. The molecule has 3 heteroatoms. The normalized spacial score (nSPS) is 10.3. The van der Waals surface area contributed by atoms with Crippen LogP contribution < -0.4 is 0 Å². The zero-order valence-corrected chi connectivity index (χ0v) is 9.92. The van der Waals surface area contributed by atoms with Crippen LogP contribution in [0, 0.1) is 0 Å². The smallest absolute Gasteiger partial charge is 0.0461 e. The van der Waals surface area contributed by atoms with E-state index in [0.29, 0.717) is 0 Å². The van der Waals surface area contributed by atoms with Crippen molar-refractivity contribution in [3.8, 4) is 5.69 Å². The van der Waals surface area contributed by atoms with Crippen molar-refractivity contribution in [2.45, 2.75) is 0 Å². The first-order valence-electron chi connectivity index (χ1n) is 3.86. The van der Waals surface area contributed by atoms with Gasteiger partial charge in [0.15, 0.2) is 0 Å². The number of rotatable bonds is 1. The standard InChI is InChI=1S/C10H7Br2N/c11-9-4-3-8(7-10(9)12)13-5-1-2-6-13/h1-7H. The third-order valence-electron chi connectivity index (χ3n) is 1.81. The predicted octanol–water partition coefficient (Wildman–Crippen LogP) is 4.00.